The number of pyridine rings is 1. The Hall–Kier alpha value is -4.89. The number of aromatic nitrogens is 5. The number of ether oxygens (including phenoxy) is 1. The maximum absolute atomic E-state index is 13.7. The number of carbonyl (C=O) groups is 1. The Balaban J connectivity index is 1.36. The van der Waals surface area contributed by atoms with Gasteiger partial charge in [-0.15, -0.1) is 10.2 Å². The molecule has 43 heavy (non-hydrogen) atoms. The minimum atomic E-state index is -0.426. The molecule has 216 valence electrons. The quantitative estimate of drug-likeness (QED) is 0.170. The Morgan fingerprint density at radius 2 is 1.67 bits per heavy atom. The molecule has 2 N–H and O–H groups in total. The van der Waals surface area contributed by atoms with Gasteiger partial charge in [-0.2, -0.15) is 0 Å². The molecule has 0 radical (unpaired) electrons. The van der Waals surface area contributed by atoms with Crippen molar-refractivity contribution < 1.29 is 9.53 Å². The van der Waals surface area contributed by atoms with Gasteiger partial charge in [0.1, 0.15) is 5.75 Å². The van der Waals surface area contributed by atoms with Crippen molar-refractivity contribution in [2.24, 2.45) is 0 Å². The standard InChI is InChI=1S/C34H32N6O2S/c1-23-29(28-10-6-7-11-30(28)36-23)21-32(41)37-31(20-24-8-4-3-5-9-24)33-38-39-34(43-22-25-16-18-35-19-17-25)40(33)26-12-14-27(42-2)15-13-26/h3-19,31,36H,20-22H2,1-2H3,(H,37,41)/t31-/m0/s1. The van der Waals surface area contributed by atoms with Gasteiger partial charge in [0, 0.05) is 40.4 Å². The van der Waals surface area contributed by atoms with Gasteiger partial charge >= 0.3 is 0 Å². The number of para-hydroxylation sites is 1. The number of hydrogen-bond donors (Lipinski definition) is 2. The van der Waals surface area contributed by atoms with Crippen molar-refractivity contribution in [3.05, 3.63) is 132 Å². The molecule has 0 fully saturated rings. The third-order valence-corrected chi connectivity index (χ3v) is 8.40. The number of fused-ring (bicyclic) bond motifs is 1. The van der Waals surface area contributed by atoms with Crippen LogP contribution in [0.15, 0.2) is 109 Å². The molecule has 6 rings (SSSR count). The highest BCUT2D eigenvalue weighted by Crippen LogP contribution is 2.30. The molecule has 8 nitrogen and oxygen atoms in total. The maximum atomic E-state index is 13.7. The van der Waals surface area contributed by atoms with Gasteiger partial charge in [-0.05, 0) is 72.5 Å². The highest BCUT2D eigenvalue weighted by atomic mass is 32.2. The SMILES string of the molecule is COc1ccc(-n2c(SCc3ccncc3)nnc2[C@H](Cc2ccccc2)NC(=O)Cc2c(C)[nH]c3ccccc23)cc1. The summed E-state index contributed by atoms with van der Waals surface area (Å²) < 4.78 is 7.45. The van der Waals surface area contributed by atoms with Gasteiger partial charge in [-0.1, -0.05) is 60.3 Å². The molecule has 1 amide bonds. The van der Waals surface area contributed by atoms with E-state index in [2.05, 4.69) is 43.7 Å². The first-order chi connectivity index (χ1) is 21.1. The molecular formula is C34H32N6O2S. The van der Waals surface area contributed by atoms with E-state index in [-0.39, 0.29) is 12.3 Å². The summed E-state index contributed by atoms with van der Waals surface area (Å²) in [5.74, 6) is 2.04. The fourth-order valence-corrected chi connectivity index (χ4v) is 6.14. The number of amides is 1. The number of nitrogens with one attached hydrogen (secondary N) is 2. The lowest BCUT2D eigenvalue weighted by molar-refractivity contribution is -0.121. The lowest BCUT2D eigenvalue weighted by Gasteiger charge is -2.20. The number of nitrogens with zero attached hydrogens (tertiary/aromatic N) is 4. The lowest BCUT2D eigenvalue weighted by Crippen LogP contribution is -2.33. The molecule has 3 aromatic carbocycles. The minimum absolute atomic E-state index is 0.0796. The molecule has 1 atom stereocenters. The van der Waals surface area contributed by atoms with Crippen molar-refractivity contribution >= 4 is 28.6 Å². The predicted molar refractivity (Wildman–Crippen MR) is 169 cm³/mol. The second kappa shape index (κ2) is 13.0. The number of rotatable bonds is 11. The van der Waals surface area contributed by atoms with E-state index in [1.807, 2.05) is 84.3 Å². The van der Waals surface area contributed by atoms with Crippen LogP contribution in [0.3, 0.4) is 0 Å². The molecule has 0 bridgehead atoms. The minimum Gasteiger partial charge on any atom is -0.497 e. The van der Waals surface area contributed by atoms with Crippen molar-refractivity contribution in [3.8, 4) is 11.4 Å². The van der Waals surface area contributed by atoms with Gasteiger partial charge in [0.15, 0.2) is 11.0 Å². The van der Waals surface area contributed by atoms with E-state index < -0.39 is 6.04 Å². The van der Waals surface area contributed by atoms with Crippen LogP contribution in [0.4, 0.5) is 0 Å². The van der Waals surface area contributed by atoms with Crippen molar-refractivity contribution in [2.75, 3.05) is 7.11 Å². The van der Waals surface area contributed by atoms with Gasteiger partial charge in [0.2, 0.25) is 5.91 Å². The van der Waals surface area contributed by atoms with Crippen molar-refractivity contribution in [1.29, 1.82) is 0 Å². The van der Waals surface area contributed by atoms with Crippen LogP contribution in [0.25, 0.3) is 16.6 Å². The molecule has 0 saturated carbocycles. The second-order valence-electron chi connectivity index (χ2n) is 10.3. The normalized spacial score (nSPS) is 11.9. The van der Waals surface area contributed by atoms with Gasteiger partial charge in [0.05, 0.1) is 19.6 Å². The van der Waals surface area contributed by atoms with E-state index in [1.54, 1.807) is 31.3 Å². The van der Waals surface area contributed by atoms with Crippen LogP contribution in [-0.2, 0) is 23.4 Å². The summed E-state index contributed by atoms with van der Waals surface area (Å²) in [5.41, 5.74) is 6.13. The molecule has 3 aromatic heterocycles. The summed E-state index contributed by atoms with van der Waals surface area (Å²) in [5, 5.41) is 14.4. The number of H-pyrrole nitrogens is 1. The first-order valence-corrected chi connectivity index (χ1v) is 15.1. The Bertz CT molecular complexity index is 1820. The zero-order chi connectivity index (χ0) is 29.6. The zero-order valence-corrected chi connectivity index (χ0v) is 24.8. The zero-order valence-electron chi connectivity index (χ0n) is 24.0. The summed E-state index contributed by atoms with van der Waals surface area (Å²) in [6.07, 6.45) is 4.39. The summed E-state index contributed by atoms with van der Waals surface area (Å²) >= 11 is 1.59. The van der Waals surface area contributed by atoms with E-state index in [0.29, 0.717) is 18.0 Å². The van der Waals surface area contributed by atoms with Crippen LogP contribution >= 0.6 is 11.8 Å². The highest BCUT2D eigenvalue weighted by molar-refractivity contribution is 7.98. The number of aromatic amines is 1. The van der Waals surface area contributed by atoms with Crippen LogP contribution in [0.5, 0.6) is 5.75 Å². The molecule has 3 heterocycles. The lowest BCUT2D eigenvalue weighted by atomic mass is 10.0. The highest BCUT2D eigenvalue weighted by Gasteiger charge is 2.26. The van der Waals surface area contributed by atoms with Crippen LogP contribution in [0.1, 0.15) is 34.3 Å². The molecule has 0 aliphatic carbocycles. The summed E-state index contributed by atoms with van der Waals surface area (Å²) in [6, 6.07) is 29.6. The average Bonchev–Trinajstić information content (AvgIpc) is 3.61. The van der Waals surface area contributed by atoms with Crippen LogP contribution in [-0.4, -0.2) is 37.7 Å². The smallest absolute Gasteiger partial charge is 0.225 e. The Labute approximate surface area is 254 Å². The number of benzene rings is 3. The first-order valence-electron chi connectivity index (χ1n) is 14.1. The number of hydrogen-bond acceptors (Lipinski definition) is 6. The second-order valence-corrected chi connectivity index (χ2v) is 11.2. The summed E-state index contributed by atoms with van der Waals surface area (Å²) in [4.78, 5) is 21.3. The predicted octanol–water partition coefficient (Wildman–Crippen LogP) is 6.40. The number of methoxy groups -OCH3 is 1. The Morgan fingerprint density at radius 1 is 0.930 bits per heavy atom. The Kier molecular flexibility index (Phi) is 8.51. The van der Waals surface area contributed by atoms with Crippen molar-refractivity contribution in [1.82, 2.24) is 30.0 Å². The van der Waals surface area contributed by atoms with E-state index in [9.17, 15) is 4.79 Å². The fraction of sp³-hybridized carbons (Fsp3) is 0.176. The fourth-order valence-electron chi connectivity index (χ4n) is 5.23. The molecule has 6 aromatic rings. The van der Waals surface area contributed by atoms with Gasteiger partial charge in [0.25, 0.3) is 0 Å². The third-order valence-electron chi connectivity index (χ3n) is 7.40. The number of carbonyl (C=O) groups excluding carboxylic acids is 1. The molecule has 0 unspecified atom stereocenters. The molecular weight excluding hydrogens is 556 g/mol. The van der Waals surface area contributed by atoms with Gasteiger partial charge < -0.3 is 15.0 Å². The molecule has 0 saturated heterocycles. The summed E-state index contributed by atoms with van der Waals surface area (Å²) in [6.45, 7) is 2.01. The van der Waals surface area contributed by atoms with E-state index in [1.165, 1.54) is 0 Å². The Morgan fingerprint density at radius 3 is 2.44 bits per heavy atom. The molecule has 0 aliphatic rings. The molecule has 0 aliphatic heterocycles. The van der Waals surface area contributed by atoms with E-state index in [4.69, 9.17) is 4.74 Å². The average molecular weight is 589 g/mol. The van der Waals surface area contributed by atoms with E-state index >= 15 is 0 Å². The maximum Gasteiger partial charge on any atom is 0.225 e. The molecule has 9 heteroatoms. The van der Waals surface area contributed by atoms with Gasteiger partial charge in [-0.3, -0.25) is 14.3 Å². The topological polar surface area (TPSA) is 97.7 Å². The van der Waals surface area contributed by atoms with E-state index in [0.717, 1.165) is 49.9 Å². The van der Waals surface area contributed by atoms with Gasteiger partial charge in [-0.25, -0.2) is 0 Å². The van der Waals surface area contributed by atoms with Crippen molar-refractivity contribution in [3.63, 3.8) is 0 Å². The van der Waals surface area contributed by atoms with Crippen LogP contribution in [0, 0.1) is 6.92 Å². The van der Waals surface area contributed by atoms with Crippen molar-refractivity contribution in [2.45, 2.75) is 36.7 Å². The first kappa shape index (κ1) is 28.2. The molecule has 0 spiro atoms. The monoisotopic (exact) mass is 588 g/mol. The van der Waals surface area contributed by atoms with Crippen LogP contribution in [0.2, 0.25) is 0 Å². The third kappa shape index (κ3) is 6.47. The van der Waals surface area contributed by atoms with Crippen LogP contribution < -0.4 is 10.1 Å². The largest absolute Gasteiger partial charge is 0.497 e. The number of aryl methyl sites for hydroxylation is 1. The number of thioether (sulfide) groups is 1. The summed E-state index contributed by atoms with van der Waals surface area (Å²) in [7, 11) is 1.65.